The van der Waals surface area contributed by atoms with Crippen LogP contribution in [0.15, 0.2) is 59.5 Å². The van der Waals surface area contributed by atoms with Crippen LogP contribution in [0.2, 0.25) is 0 Å². The molecule has 1 amide bonds. The van der Waals surface area contributed by atoms with E-state index in [-0.39, 0.29) is 18.5 Å². The fourth-order valence-electron chi connectivity index (χ4n) is 2.62. The van der Waals surface area contributed by atoms with Crippen LogP contribution in [0.1, 0.15) is 30.6 Å². The molecule has 2 aromatic rings. The van der Waals surface area contributed by atoms with Gasteiger partial charge in [-0.1, -0.05) is 37.3 Å². The Morgan fingerprint density at radius 3 is 2.43 bits per heavy atom. The number of esters is 1. The van der Waals surface area contributed by atoms with Crippen LogP contribution < -0.4 is 4.90 Å². The summed E-state index contributed by atoms with van der Waals surface area (Å²) in [6.45, 7) is 3.44. The zero-order valence-electron chi connectivity index (χ0n) is 15.8. The van der Waals surface area contributed by atoms with Gasteiger partial charge in [-0.05, 0) is 31.2 Å². The fourth-order valence-corrected chi connectivity index (χ4v) is 3.56. The van der Waals surface area contributed by atoms with Crippen LogP contribution in [-0.2, 0) is 20.3 Å². The Bertz CT molecular complexity index is 893. The van der Waals surface area contributed by atoms with Gasteiger partial charge in [0.25, 0.3) is 5.91 Å². The second kappa shape index (κ2) is 10.4. The average molecular weight is 398 g/mol. The summed E-state index contributed by atoms with van der Waals surface area (Å²) >= 11 is 0. The number of nitrogens with zero attached hydrogens (tertiary/aromatic N) is 2. The largest absolute Gasteiger partial charge is 0.449 e. The molecule has 7 heteroatoms. The van der Waals surface area contributed by atoms with Gasteiger partial charge in [0.05, 0.1) is 33.7 Å². The number of hydrogen-bond acceptors (Lipinski definition) is 5. The Hall–Kier alpha value is -2.98. The topological polar surface area (TPSA) is 87.5 Å². The van der Waals surface area contributed by atoms with E-state index in [1.807, 2.05) is 12.1 Å². The molecular formula is C21H22N2O4S. The number of benzene rings is 2. The number of nitriles is 1. The van der Waals surface area contributed by atoms with Crippen molar-refractivity contribution < 1.29 is 18.5 Å². The Balaban J connectivity index is 2.19. The number of hydrogen-bond donors (Lipinski definition) is 0. The first-order chi connectivity index (χ1) is 13.5. The van der Waals surface area contributed by atoms with Gasteiger partial charge in [0.1, 0.15) is 0 Å². The molecule has 0 spiro atoms. The Labute approximate surface area is 167 Å². The number of amides is 1. The maximum atomic E-state index is 12.9. The third-order valence-electron chi connectivity index (χ3n) is 4.03. The Morgan fingerprint density at radius 2 is 1.79 bits per heavy atom. The lowest BCUT2D eigenvalue weighted by Crippen LogP contribution is -2.40. The number of carbonyl (C=O) groups excluding carboxylic acids is 2. The van der Waals surface area contributed by atoms with Crippen molar-refractivity contribution >= 4 is 28.4 Å². The van der Waals surface area contributed by atoms with E-state index in [1.165, 1.54) is 17.9 Å². The standard InChI is InChI=1S/C21H22N2O4S/c1-3-28(26)19-13-8-7-12-18(19)21(25)27-16(2)20(24)23(15-9-14-22)17-10-5-4-6-11-17/h4-8,10-13,16H,3,9,15H2,1-2H3. The number of anilines is 1. The lowest BCUT2D eigenvalue weighted by molar-refractivity contribution is -0.126. The summed E-state index contributed by atoms with van der Waals surface area (Å²) in [5.74, 6) is -0.759. The number of rotatable bonds is 8. The molecule has 2 unspecified atom stereocenters. The molecule has 6 nitrogen and oxygen atoms in total. The molecule has 0 aliphatic carbocycles. The van der Waals surface area contributed by atoms with Crippen molar-refractivity contribution in [3.63, 3.8) is 0 Å². The summed E-state index contributed by atoms with van der Waals surface area (Å²) in [6.07, 6.45) is -0.908. The van der Waals surface area contributed by atoms with Crippen molar-refractivity contribution in [3.8, 4) is 6.07 Å². The minimum Gasteiger partial charge on any atom is -0.449 e. The molecule has 0 saturated heterocycles. The molecule has 2 atom stereocenters. The molecule has 0 bridgehead atoms. The van der Waals surface area contributed by atoms with Gasteiger partial charge < -0.3 is 9.64 Å². The van der Waals surface area contributed by atoms with Crippen LogP contribution in [0.5, 0.6) is 0 Å². The van der Waals surface area contributed by atoms with Gasteiger partial charge in [0, 0.05) is 18.0 Å². The first kappa shape index (κ1) is 21.3. The first-order valence-corrected chi connectivity index (χ1v) is 10.2. The van der Waals surface area contributed by atoms with Crippen LogP contribution in [-0.4, -0.2) is 34.5 Å². The predicted octanol–water partition coefficient (Wildman–Crippen LogP) is 3.31. The highest BCUT2D eigenvalue weighted by atomic mass is 32.2. The smallest absolute Gasteiger partial charge is 0.340 e. The van der Waals surface area contributed by atoms with Gasteiger partial charge in [-0.15, -0.1) is 0 Å². The second-order valence-electron chi connectivity index (χ2n) is 5.91. The molecule has 0 aliphatic heterocycles. The van der Waals surface area contributed by atoms with E-state index in [4.69, 9.17) is 10.00 Å². The molecule has 0 aliphatic rings. The summed E-state index contributed by atoms with van der Waals surface area (Å²) in [5, 5.41) is 8.88. The molecule has 2 aromatic carbocycles. The van der Waals surface area contributed by atoms with Crippen molar-refractivity contribution in [2.24, 2.45) is 0 Å². The molecule has 0 heterocycles. The molecule has 0 N–H and O–H groups in total. The van der Waals surface area contributed by atoms with E-state index in [2.05, 4.69) is 0 Å². The van der Waals surface area contributed by atoms with Crippen LogP contribution in [0.25, 0.3) is 0 Å². The maximum Gasteiger partial charge on any atom is 0.340 e. The highest BCUT2D eigenvalue weighted by molar-refractivity contribution is 7.85. The number of ether oxygens (including phenoxy) is 1. The average Bonchev–Trinajstić information content (AvgIpc) is 2.73. The molecule has 0 aromatic heterocycles. The zero-order valence-corrected chi connectivity index (χ0v) is 16.6. The SMILES string of the molecule is CCS(=O)c1ccccc1C(=O)OC(C)C(=O)N(CCC#N)c1ccccc1. The molecule has 0 radical (unpaired) electrons. The summed E-state index contributed by atoms with van der Waals surface area (Å²) in [4.78, 5) is 27.3. The summed E-state index contributed by atoms with van der Waals surface area (Å²) in [5.41, 5.74) is 0.809. The van der Waals surface area contributed by atoms with Crippen molar-refractivity contribution in [2.75, 3.05) is 17.2 Å². The Kier molecular flexibility index (Phi) is 7.90. The van der Waals surface area contributed by atoms with Crippen LogP contribution in [0.4, 0.5) is 5.69 Å². The van der Waals surface area contributed by atoms with Crippen molar-refractivity contribution in [1.29, 1.82) is 5.26 Å². The van der Waals surface area contributed by atoms with Crippen LogP contribution in [0, 0.1) is 11.3 Å². The van der Waals surface area contributed by atoms with Gasteiger partial charge >= 0.3 is 5.97 Å². The monoisotopic (exact) mass is 398 g/mol. The molecular weight excluding hydrogens is 376 g/mol. The van der Waals surface area contributed by atoms with E-state index in [1.54, 1.807) is 49.4 Å². The third kappa shape index (κ3) is 5.27. The summed E-state index contributed by atoms with van der Waals surface area (Å²) < 4.78 is 17.5. The normalized spacial score (nSPS) is 12.5. The number of carbonyl (C=O) groups is 2. The fraction of sp³-hybridized carbons (Fsp3) is 0.286. The van der Waals surface area contributed by atoms with E-state index in [0.717, 1.165) is 0 Å². The highest BCUT2D eigenvalue weighted by Gasteiger charge is 2.26. The van der Waals surface area contributed by atoms with Gasteiger partial charge in [-0.2, -0.15) is 5.26 Å². The molecule has 146 valence electrons. The molecule has 2 rings (SSSR count). The lowest BCUT2D eigenvalue weighted by atomic mass is 10.2. The quantitative estimate of drug-likeness (QED) is 0.637. The minimum atomic E-state index is -1.32. The van der Waals surface area contributed by atoms with Crippen molar-refractivity contribution in [2.45, 2.75) is 31.3 Å². The van der Waals surface area contributed by atoms with Gasteiger partial charge in [-0.3, -0.25) is 9.00 Å². The lowest BCUT2D eigenvalue weighted by Gasteiger charge is -2.25. The highest BCUT2D eigenvalue weighted by Crippen LogP contribution is 2.19. The third-order valence-corrected chi connectivity index (χ3v) is 5.40. The van der Waals surface area contributed by atoms with Crippen LogP contribution >= 0.6 is 0 Å². The van der Waals surface area contributed by atoms with Crippen molar-refractivity contribution in [3.05, 3.63) is 60.2 Å². The predicted molar refractivity (Wildman–Crippen MR) is 107 cm³/mol. The molecule has 0 saturated carbocycles. The summed E-state index contributed by atoms with van der Waals surface area (Å²) in [7, 11) is -1.32. The maximum absolute atomic E-state index is 12.9. The first-order valence-electron chi connectivity index (χ1n) is 8.91. The van der Waals surface area contributed by atoms with E-state index in [0.29, 0.717) is 16.3 Å². The van der Waals surface area contributed by atoms with E-state index >= 15 is 0 Å². The van der Waals surface area contributed by atoms with Crippen molar-refractivity contribution in [1.82, 2.24) is 0 Å². The molecule has 0 fully saturated rings. The number of para-hydroxylation sites is 1. The second-order valence-corrected chi connectivity index (χ2v) is 7.62. The van der Waals surface area contributed by atoms with E-state index in [9.17, 15) is 13.8 Å². The van der Waals surface area contributed by atoms with Gasteiger partial charge in [-0.25, -0.2) is 4.79 Å². The van der Waals surface area contributed by atoms with Gasteiger partial charge in [0.15, 0.2) is 6.10 Å². The van der Waals surface area contributed by atoms with Gasteiger partial charge in [0.2, 0.25) is 0 Å². The van der Waals surface area contributed by atoms with E-state index < -0.39 is 28.8 Å². The zero-order chi connectivity index (χ0) is 20.5. The Morgan fingerprint density at radius 1 is 1.14 bits per heavy atom. The summed E-state index contributed by atoms with van der Waals surface area (Å²) in [6, 6.07) is 17.4. The van der Waals surface area contributed by atoms with Crippen LogP contribution in [0.3, 0.4) is 0 Å². The molecule has 28 heavy (non-hydrogen) atoms. The minimum absolute atomic E-state index is 0.152.